The van der Waals surface area contributed by atoms with Gasteiger partial charge < -0.3 is 10.3 Å². The van der Waals surface area contributed by atoms with E-state index in [1.54, 1.807) is 6.07 Å². The summed E-state index contributed by atoms with van der Waals surface area (Å²) in [6, 6.07) is 5.20. The number of hydrogen-bond acceptors (Lipinski definition) is 2. The van der Waals surface area contributed by atoms with Gasteiger partial charge in [0, 0.05) is 12.5 Å². The van der Waals surface area contributed by atoms with E-state index in [0.29, 0.717) is 23.9 Å². The van der Waals surface area contributed by atoms with Gasteiger partial charge in [-0.25, -0.2) is 9.37 Å². The number of halogens is 1. The van der Waals surface area contributed by atoms with Crippen molar-refractivity contribution in [1.82, 2.24) is 9.55 Å². The number of nitrogens with zero attached hydrogens (tertiary/aromatic N) is 2. The first kappa shape index (κ1) is 13.6. The Balaban J connectivity index is 2.12. The van der Waals surface area contributed by atoms with Crippen LogP contribution < -0.4 is 5.73 Å². The highest BCUT2D eigenvalue weighted by Gasteiger charge is 2.30. The Bertz CT molecular complexity index is 605. The van der Waals surface area contributed by atoms with Crippen LogP contribution >= 0.6 is 0 Å². The van der Waals surface area contributed by atoms with Crippen LogP contribution in [0.2, 0.25) is 0 Å². The van der Waals surface area contributed by atoms with Crippen molar-refractivity contribution < 1.29 is 4.39 Å². The second-order valence-electron chi connectivity index (χ2n) is 5.71. The fourth-order valence-corrected chi connectivity index (χ4v) is 3.58. The lowest BCUT2D eigenvalue weighted by Crippen LogP contribution is -2.27. The van der Waals surface area contributed by atoms with Crippen LogP contribution in [0.1, 0.15) is 44.3 Å². The Morgan fingerprint density at radius 2 is 2.15 bits per heavy atom. The van der Waals surface area contributed by atoms with Crippen molar-refractivity contribution in [3.8, 4) is 0 Å². The molecule has 0 bridgehead atoms. The Morgan fingerprint density at radius 3 is 2.90 bits per heavy atom. The smallest absolute Gasteiger partial charge is 0.151 e. The Kier molecular flexibility index (Phi) is 3.74. The maximum atomic E-state index is 14.0. The summed E-state index contributed by atoms with van der Waals surface area (Å²) in [4.78, 5) is 4.64. The van der Waals surface area contributed by atoms with Gasteiger partial charge in [-0.1, -0.05) is 18.9 Å². The van der Waals surface area contributed by atoms with Crippen LogP contribution in [0.25, 0.3) is 11.0 Å². The third-order valence-electron chi connectivity index (χ3n) is 4.62. The number of rotatable bonds is 3. The molecule has 4 heteroatoms. The van der Waals surface area contributed by atoms with E-state index in [1.807, 2.05) is 6.07 Å². The van der Waals surface area contributed by atoms with Gasteiger partial charge in [0.25, 0.3) is 0 Å². The first-order valence-corrected chi connectivity index (χ1v) is 7.61. The van der Waals surface area contributed by atoms with Gasteiger partial charge in [0.15, 0.2) is 5.82 Å². The molecule has 2 N–H and O–H groups in total. The highest BCUT2D eigenvalue weighted by atomic mass is 19.1. The summed E-state index contributed by atoms with van der Waals surface area (Å²) in [7, 11) is 0. The molecule has 1 aromatic heterocycles. The van der Waals surface area contributed by atoms with Crippen LogP contribution in [-0.2, 0) is 6.54 Å². The molecular formula is C16H22FN3. The molecule has 2 atom stereocenters. The van der Waals surface area contributed by atoms with Gasteiger partial charge in [-0.3, -0.25) is 0 Å². The Labute approximate surface area is 119 Å². The molecule has 2 unspecified atom stereocenters. The van der Waals surface area contributed by atoms with Crippen LogP contribution in [-0.4, -0.2) is 16.1 Å². The summed E-state index contributed by atoms with van der Waals surface area (Å²) in [5, 5.41) is 0. The van der Waals surface area contributed by atoms with Gasteiger partial charge in [-0.15, -0.1) is 0 Å². The van der Waals surface area contributed by atoms with E-state index in [1.165, 1.54) is 18.9 Å². The molecule has 0 aliphatic heterocycles. The fourth-order valence-electron chi connectivity index (χ4n) is 3.58. The zero-order chi connectivity index (χ0) is 14.1. The number of aromatic nitrogens is 2. The van der Waals surface area contributed by atoms with Gasteiger partial charge in [-0.2, -0.15) is 0 Å². The maximum absolute atomic E-state index is 14.0. The second-order valence-corrected chi connectivity index (χ2v) is 5.71. The number of benzene rings is 1. The highest BCUT2D eigenvalue weighted by Crippen LogP contribution is 2.38. The minimum Gasteiger partial charge on any atom is -0.330 e. The number of fused-ring (bicyclic) bond motifs is 1. The summed E-state index contributed by atoms with van der Waals surface area (Å²) >= 11 is 0. The molecule has 2 aromatic rings. The van der Waals surface area contributed by atoms with E-state index < -0.39 is 0 Å². The number of hydrogen-bond donors (Lipinski definition) is 1. The van der Waals surface area contributed by atoms with Crippen molar-refractivity contribution in [2.24, 2.45) is 11.7 Å². The molecule has 1 saturated carbocycles. The molecule has 1 heterocycles. The molecular weight excluding hydrogens is 253 g/mol. The number of imidazole rings is 1. The van der Waals surface area contributed by atoms with E-state index in [-0.39, 0.29) is 5.82 Å². The Morgan fingerprint density at radius 1 is 1.35 bits per heavy atom. The minimum atomic E-state index is -0.226. The average Bonchev–Trinajstić information content (AvgIpc) is 2.87. The molecule has 3 rings (SSSR count). The van der Waals surface area contributed by atoms with Crippen molar-refractivity contribution in [2.75, 3.05) is 6.54 Å². The predicted molar refractivity (Wildman–Crippen MR) is 79.1 cm³/mol. The molecule has 0 radical (unpaired) electrons. The van der Waals surface area contributed by atoms with Crippen LogP contribution in [0.15, 0.2) is 18.2 Å². The summed E-state index contributed by atoms with van der Waals surface area (Å²) < 4.78 is 16.1. The standard InChI is InChI=1S/C16H22FN3/c1-2-20-14-9-5-8-13(17)15(14)19-16(20)12-7-4-3-6-11(12)10-18/h5,8-9,11-12H,2-4,6-7,10,18H2,1H3. The molecule has 1 aliphatic carbocycles. The van der Waals surface area contributed by atoms with Crippen molar-refractivity contribution in [3.63, 3.8) is 0 Å². The predicted octanol–water partition coefficient (Wildman–Crippen LogP) is 3.43. The minimum absolute atomic E-state index is 0.226. The number of aryl methyl sites for hydroxylation is 1. The van der Waals surface area contributed by atoms with Gasteiger partial charge in [-0.05, 0) is 44.4 Å². The van der Waals surface area contributed by atoms with E-state index in [2.05, 4.69) is 16.5 Å². The van der Waals surface area contributed by atoms with Crippen molar-refractivity contribution in [3.05, 3.63) is 29.8 Å². The first-order valence-electron chi connectivity index (χ1n) is 7.61. The van der Waals surface area contributed by atoms with Crippen LogP contribution in [0.5, 0.6) is 0 Å². The maximum Gasteiger partial charge on any atom is 0.151 e. The van der Waals surface area contributed by atoms with E-state index >= 15 is 0 Å². The van der Waals surface area contributed by atoms with Crippen molar-refractivity contribution in [1.29, 1.82) is 0 Å². The SMILES string of the molecule is CCn1c(C2CCCCC2CN)nc2c(F)cccc21. The average molecular weight is 275 g/mol. The monoisotopic (exact) mass is 275 g/mol. The van der Waals surface area contributed by atoms with Gasteiger partial charge in [0.2, 0.25) is 0 Å². The molecule has 0 spiro atoms. The lowest BCUT2D eigenvalue weighted by molar-refractivity contribution is 0.299. The quantitative estimate of drug-likeness (QED) is 0.932. The van der Waals surface area contributed by atoms with E-state index in [4.69, 9.17) is 5.73 Å². The molecule has 1 aliphatic rings. The van der Waals surface area contributed by atoms with Crippen LogP contribution in [0, 0.1) is 11.7 Å². The fraction of sp³-hybridized carbons (Fsp3) is 0.562. The van der Waals surface area contributed by atoms with Gasteiger partial charge in [0.05, 0.1) is 5.52 Å². The Hall–Kier alpha value is -1.42. The largest absolute Gasteiger partial charge is 0.330 e. The number of nitrogens with two attached hydrogens (primary N) is 1. The topological polar surface area (TPSA) is 43.8 Å². The van der Waals surface area contributed by atoms with E-state index in [0.717, 1.165) is 30.7 Å². The number of para-hydroxylation sites is 1. The van der Waals surface area contributed by atoms with Crippen molar-refractivity contribution in [2.45, 2.75) is 45.1 Å². The van der Waals surface area contributed by atoms with Crippen LogP contribution in [0.4, 0.5) is 4.39 Å². The summed E-state index contributed by atoms with van der Waals surface area (Å²) in [6.45, 7) is 3.61. The second kappa shape index (κ2) is 5.52. The molecule has 0 amide bonds. The molecule has 1 aromatic carbocycles. The molecule has 0 saturated heterocycles. The van der Waals surface area contributed by atoms with E-state index in [9.17, 15) is 4.39 Å². The van der Waals surface area contributed by atoms with Gasteiger partial charge >= 0.3 is 0 Å². The zero-order valence-corrected chi connectivity index (χ0v) is 12.0. The third-order valence-corrected chi connectivity index (χ3v) is 4.62. The molecule has 3 nitrogen and oxygen atoms in total. The lowest BCUT2D eigenvalue weighted by Gasteiger charge is -2.30. The molecule has 108 valence electrons. The summed E-state index contributed by atoms with van der Waals surface area (Å²) in [6.07, 6.45) is 4.75. The zero-order valence-electron chi connectivity index (χ0n) is 12.0. The molecule has 1 fully saturated rings. The summed E-state index contributed by atoms with van der Waals surface area (Å²) in [5.74, 6) is 1.66. The van der Waals surface area contributed by atoms with Gasteiger partial charge in [0.1, 0.15) is 11.3 Å². The van der Waals surface area contributed by atoms with Crippen LogP contribution in [0.3, 0.4) is 0 Å². The third kappa shape index (κ3) is 2.12. The lowest BCUT2D eigenvalue weighted by atomic mass is 9.78. The van der Waals surface area contributed by atoms with Crippen molar-refractivity contribution >= 4 is 11.0 Å². The molecule has 20 heavy (non-hydrogen) atoms. The normalized spacial score (nSPS) is 23.4. The highest BCUT2D eigenvalue weighted by molar-refractivity contribution is 5.76. The summed E-state index contributed by atoms with van der Waals surface area (Å²) in [5.41, 5.74) is 7.35. The first-order chi connectivity index (χ1) is 9.76.